The van der Waals surface area contributed by atoms with Crippen molar-refractivity contribution in [2.24, 2.45) is 0 Å². The maximum atomic E-state index is 12.4. The van der Waals surface area contributed by atoms with Gasteiger partial charge in [0.2, 0.25) is 5.91 Å². The summed E-state index contributed by atoms with van der Waals surface area (Å²) in [6.45, 7) is 2.01. The van der Waals surface area contributed by atoms with E-state index in [1.807, 2.05) is 25.1 Å². The van der Waals surface area contributed by atoms with E-state index in [9.17, 15) is 14.4 Å². The first kappa shape index (κ1) is 21.3. The third-order valence-electron chi connectivity index (χ3n) is 5.25. The Kier molecular flexibility index (Phi) is 6.56. The van der Waals surface area contributed by atoms with Gasteiger partial charge in [-0.3, -0.25) is 9.59 Å². The topological polar surface area (TPSA) is 94.2 Å². The minimum Gasteiger partial charge on any atom is -0.493 e. The molecule has 0 radical (unpaired) electrons. The van der Waals surface area contributed by atoms with Crippen LogP contribution in [0.4, 0.5) is 0 Å². The first-order chi connectivity index (χ1) is 13.9. The molecule has 2 saturated heterocycles. The first-order valence-electron chi connectivity index (χ1n) is 9.48. The second-order valence-corrected chi connectivity index (χ2v) is 8.66. The molecular weight excluding hydrogens is 396 g/mol. The Morgan fingerprint density at radius 2 is 2.03 bits per heavy atom. The monoisotopic (exact) mass is 422 g/mol. The number of benzene rings is 1. The molecule has 1 aromatic carbocycles. The third kappa shape index (κ3) is 4.60. The van der Waals surface area contributed by atoms with E-state index in [1.165, 1.54) is 0 Å². The van der Waals surface area contributed by atoms with Gasteiger partial charge in [0.1, 0.15) is 6.04 Å². The van der Waals surface area contributed by atoms with Crippen molar-refractivity contribution in [3.63, 3.8) is 0 Å². The fraction of sp³-hybridized carbons (Fsp3) is 0.550. The molecule has 2 fully saturated rings. The molecule has 0 aliphatic carbocycles. The predicted molar refractivity (Wildman–Crippen MR) is 108 cm³/mol. The van der Waals surface area contributed by atoms with Crippen LogP contribution in [0.25, 0.3) is 0 Å². The molecule has 9 heteroatoms. The number of fused-ring (bicyclic) bond motifs is 1. The van der Waals surface area contributed by atoms with Crippen LogP contribution in [-0.2, 0) is 25.5 Å². The Morgan fingerprint density at radius 3 is 2.76 bits per heavy atom. The van der Waals surface area contributed by atoms with Crippen LogP contribution in [0.1, 0.15) is 25.3 Å². The van der Waals surface area contributed by atoms with E-state index in [1.54, 1.807) is 30.9 Å². The van der Waals surface area contributed by atoms with Crippen LogP contribution in [0, 0.1) is 0 Å². The molecule has 29 heavy (non-hydrogen) atoms. The zero-order valence-corrected chi connectivity index (χ0v) is 17.7. The zero-order valence-electron chi connectivity index (χ0n) is 16.9. The molecule has 1 aromatic rings. The first-order valence-corrected chi connectivity index (χ1v) is 10.5. The van der Waals surface area contributed by atoms with Gasteiger partial charge in [0.25, 0.3) is 5.91 Å². The van der Waals surface area contributed by atoms with Crippen LogP contribution in [-0.4, -0.2) is 66.7 Å². The number of ether oxygens (including phenoxy) is 3. The van der Waals surface area contributed by atoms with E-state index < -0.39 is 12.0 Å². The van der Waals surface area contributed by atoms with Crippen LogP contribution in [0.2, 0.25) is 0 Å². The molecule has 0 saturated carbocycles. The van der Waals surface area contributed by atoms with E-state index in [4.69, 9.17) is 14.2 Å². The summed E-state index contributed by atoms with van der Waals surface area (Å²) in [6.07, 6.45) is 1.78. The van der Waals surface area contributed by atoms with Crippen LogP contribution in [0.3, 0.4) is 0 Å². The minimum absolute atomic E-state index is 0.0289. The maximum Gasteiger partial charge on any atom is 0.330 e. The fourth-order valence-electron chi connectivity index (χ4n) is 3.66. The Labute approximate surface area is 174 Å². The molecule has 0 bridgehead atoms. The molecule has 2 aliphatic rings. The number of nitrogens with one attached hydrogen (secondary N) is 1. The highest BCUT2D eigenvalue weighted by Crippen LogP contribution is 2.47. The SMILES string of the molecule is COc1ccc(CCNC(=O)COC(=O)[C@@H]2CS[C@@]3(C)CCC(=O)N23)cc1OC. The summed E-state index contributed by atoms with van der Waals surface area (Å²) in [4.78, 5) is 37.8. The Morgan fingerprint density at radius 1 is 1.28 bits per heavy atom. The fourth-order valence-corrected chi connectivity index (χ4v) is 5.08. The molecule has 0 spiro atoms. The number of amides is 2. The van der Waals surface area contributed by atoms with E-state index >= 15 is 0 Å². The summed E-state index contributed by atoms with van der Waals surface area (Å²) in [5.41, 5.74) is 0.981. The molecule has 1 N–H and O–H groups in total. The molecule has 0 unspecified atom stereocenters. The van der Waals surface area contributed by atoms with Gasteiger partial charge < -0.3 is 24.4 Å². The number of thioether (sulfide) groups is 1. The van der Waals surface area contributed by atoms with Gasteiger partial charge in [-0.1, -0.05) is 6.07 Å². The number of carbonyl (C=O) groups is 3. The Hall–Kier alpha value is -2.42. The number of carbonyl (C=O) groups excluding carboxylic acids is 3. The minimum atomic E-state index is -0.612. The van der Waals surface area contributed by atoms with E-state index in [0.29, 0.717) is 36.6 Å². The highest BCUT2D eigenvalue weighted by atomic mass is 32.2. The smallest absolute Gasteiger partial charge is 0.330 e. The molecule has 2 heterocycles. The average molecular weight is 423 g/mol. The second kappa shape index (κ2) is 8.94. The highest BCUT2D eigenvalue weighted by molar-refractivity contribution is 8.01. The van der Waals surface area contributed by atoms with Gasteiger partial charge in [-0.15, -0.1) is 11.8 Å². The van der Waals surface area contributed by atoms with Gasteiger partial charge in [0, 0.05) is 18.7 Å². The number of methoxy groups -OCH3 is 2. The zero-order chi connectivity index (χ0) is 21.0. The van der Waals surface area contributed by atoms with Crippen LogP contribution in [0.15, 0.2) is 18.2 Å². The van der Waals surface area contributed by atoms with Crippen molar-refractivity contribution in [1.82, 2.24) is 10.2 Å². The molecule has 0 aromatic heterocycles. The second-order valence-electron chi connectivity index (χ2n) is 7.16. The predicted octanol–water partition coefficient (Wildman–Crippen LogP) is 1.36. The van der Waals surface area contributed by atoms with Crippen molar-refractivity contribution in [2.75, 3.05) is 33.1 Å². The van der Waals surface area contributed by atoms with Crippen molar-refractivity contribution in [1.29, 1.82) is 0 Å². The van der Waals surface area contributed by atoms with Crippen molar-refractivity contribution < 1.29 is 28.6 Å². The third-order valence-corrected chi connectivity index (χ3v) is 6.75. The number of rotatable bonds is 8. The van der Waals surface area contributed by atoms with Gasteiger partial charge >= 0.3 is 5.97 Å². The molecular formula is C20H26N2O6S. The summed E-state index contributed by atoms with van der Waals surface area (Å²) in [5, 5.41) is 2.73. The van der Waals surface area contributed by atoms with Gasteiger partial charge in [0.15, 0.2) is 18.1 Å². The lowest BCUT2D eigenvalue weighted by molar-refractivity contribution is -0.156. The lowest BCUT2D eigenvalue weighted by atomic mass is 10.1. The van der Waals surface area contributed by atoms with Crippen LogP contribution in [0.5, 0.6) is 11.5 Å². The normalized spacial score (nSPS) is 22.9. The summed E-state index contributed by atoms with van der Waals surface area (Å²) >= 11 is 1.59. The van der Waals surface area contributed by atoms with Gasteiger partial charge in [0.05, 0.1) is 19.1 Å². The van der Waals surface area contributed by atoms with Crippen LogP contribution >= 0.6 is 11.8 Å². The number of hydrogen-bond acceptors (Lipinski definition) is 7. The molecule has 2 aliphatic heterocycles. The largest absolute Gasteiger partial charge is 0.493 e. The van der Waals surface area contributed by atoms with Crippen molar-refractivity contribution in [3.8, 4) is 11.5 Å². The van der Waals surface area contributed by atoms with E-state index in [2.05, 4.69) is 5.32 Å². The summed E-state index contributed by atoms with van der Waals surface area (Å²) in [6, 6.07) is 4.95. The lowest BCUT2D eigenvalue weighted by Crippen LogP contribution is -2.47. The van der Waals surface area contributed by atoms with E-state index in [-0.39, 0.29) is 23.3 Å². The molecule has 8 nitrogen and oxygen atoms in total. The van der Waals surface area contributed by atoms with Crippen molar-refractivity contribution in [3.05, 3.63) is 23.8 Å². The summed E-state index contributed by atoms with van der Waals surface area (Å²) in [5.74, 6) is 0.848. The van der Waals surface area contributed by atoms with Crippen molar-refractivity contribution >= 4 is 29.5 Å². The molecule has 2 atom stereocenters. The number of esters is 1. The van der Waals surface area contributed by atoms with Gasteiger partial charge in [-0.2, -0.15) is 0 Å². The van der Waals surface area contributed by atoms with Crippen molar-refractivity contribution in [2.45, 2.75) is 37.1 Å². The van der Waals surface area contributed by atoms with E-state index in [0.717, 1.165) is 12.0 Å². The quantitative estimate of drug-likeness (QED) is 0.632. The maximum absolute atomic E-state index is 12.4. The lowest BCUT2D eigenvalue weighted by Gasteiger charge is -2.29. The molecule has 2 amide bonds. The number of hydrogen-bond donors (Lipinski definition) is 1. The number of nitrogens with zero attached hydrogens (tertiary/aromatic N) is 1. The Bertz CT molecular complexity index is 801. The average Bonchev–Trinajstić information content (AvgIpc) is 3.21. The van der Waals surface area contributed by atoms with Crippen LogP contribution < -0.4 is 14.8 Å². The molecule has 3 rings (SSSR count). The summed E-state index contributed by atoms with van der Waals surface area (Å²) < 4.78 is 15.6. The van der Waals surface area contributed by atoms with Gasteiger partial charge in [-0.05, 0) is 37.5 Å². The standard InChI is InChI=1S/C20H26N2O6S/c1-20-8-6-18(24)22(20)14(12-29-20)19(25)28-11-17(23)21-9-7-13-4-5-15(26-2)16(10-13)27-3/h4-5,10,14H,6-9,11-12H2,1-3H3,(H,21,23)/t14-,20-/m0/s1. The highest BCUT2D eigenvalue weighted by Gasteiger charge is 2.53. The summed E-state index contributed by atoms with van der Waals surface area (Å²) in [7, 11) is 3.14. The molecule has 158 valence electrons. The Balaban J connectivity index is 1.42. The van der Waals surface area contributed by atoms with Gasteiger partial charge in [-0.25, -0.2) is 4.79 Å².